The van der Waals surface area contributed by atoms with Crippen LogP contribution in [0.15, 0.2) is 48.5 Å². The second-order valence-corrected chi connectivity index (χ2v) is 5.93. The summed E-state index contributed by atoms with van der Waals surface area (Å²) < 4.78 is 0. The lowest BCUT2D eigenvalue weighted by atomic mass is 10.0. The molecule has 1 aliphatic heterocycles. The van der Waals surface area contributed by atoms with Crippen molar-refractivity contribution in [2.75, 3.05) is 30.9 Å². The first kappa shape index (κ1) is 15.9. The molecule has 1 aliphatic rings. The Morgan fingerprint density at radius 2 is 1.92 bits per heavy atom. The maximum atomic E-state index is 12.5. The van der Waals surface area contributed by atoms with Crippen LogP contribution in [0.5, 0.6) is 0 Å². The van der Waals surface area contributed by atoms with Gasteiger partial charge in [-0.15, -0.1) is 0 Å². The van der Waals surface area contributed by atoms with E-state index in [1.165, 1.54) is 0 Å². The van der Waals surface area contributed by atoms with Crippen molar-refractivity contribution >= 4 is 17.3 Å². The SMILES string of the molecule is CN(CCC#N)c1ccc([C@H]2Nc3ccccc3C(=O)N2C)cc1. The number of hydrogen-bond donors (Lipinski definition) is 1. The molecule has 122 valence electrons. The molecule has 0 fully saturated rings. The summed E-state index contributed by atoms with van der Waals surface area (Å²) in [6.07, 6.45) is 0.307. The summed E-state index contributed by atoms with van der Waals surface area (Å²) >= 11 is 0. The fraction of sp³-hybridized carbons (Fsp3) is 0.263. The summed E-state index contributed by atoms with van der Waals surface area (Å²) in [7, 11) is 3.78. The van der Waals surface area contributed by atoms with Gasteiger partial charge in [-0.25, -0.2) is 0 Å². The number of nitriles is 1. The van der Waals surface area contributed by atoms with Gasteiger partial charge >= 0.3 is 0 Å². The van der Waals surface area contributed by atoms with Crippen molar-refractivity contribution in [1.82, 2.24) is 4.90 Å². The van der Waals surface area contributed by atoms with Crippen molar-refractivity contribution in [3.63, 3.8) is 0 Å². The molecule has 0 aliphatic carbocycles. The zero-order chi connectivity index (χ0) is 17.1. The summed E-state index contributed by atoms with van der Waals surface area (Å²) in [5.74, 6) is 0.0181. The van der Waals surface area contributed by atoms with Gasteiger partial charge < -0.3 is 15.1 Å². The predicted octanol–water partition coefficient (Wildman–Crippen LogP) is 3.23. The highest BCUT2D eigenvalue weighted by Crippen LogP contribution is 2.32. The molecule has 0 unspecified atom stereocenters. The van der Waals surface area contributed by atoms with Crippen molar-refractivity contribution in [3.05, 3.63) is 59.7 Å². The zero-order valence-electron chi connectivity index (χ0n) is 13.9. The Bertz CT molecular complexity index is 779. The van der Waals surface area contributed by atoms with E-state index in [0.717, 1.165) is 16.9 Å². The van der Waals surface area contributed by atoms with E-state index in [1.807, 2.05) is 67.5 Å². The predicted molar refractivity (Wildman–Crippen MR) is 94.8 cm³/mol. The number of hydrogen-bond acceptors (Lipinski definition) is 4. The van der Waals surface area contributed by atoms with E-state index in [4.69, 9.17) is 5.26 Å². The fourth-order valence-corrected chi connectivity index (χ4v) is 2.91. The number of nitrogens with zero attached hydrogens (tertiary/aromatic N) is 3. The zero-order valence-corrected chi connectivity index (χ0v) is 13.9. The first-order valence-electron chi connectivity index (χ1n) is 7.92. The molecule has 5 nitrogen and oxygen atoms in total. The number of amides is 1. The number of nitrogens with one attached hydrogen (secondary N) is 1. The van der Waals surface area contributed by atoms with Crippen LogP contribution in [0.3, 0.4) is 0 Å². The third-order valence-corrected chi connectivity index (χ3v) is 4.37. The first-order chi connectivity index (χ1) is 11.6. The number of fused-ring (bicyclic) bond motifs is 1. The van der Waals surface area contributed by atoms with E-state index in [1.54, 1.807) is 4.90 Å². The molecular formula is C19H20N4O. The smallest absolute Gasteiger partial charge is 0.257 e. The maximum absolute atomic E-state index is 12.5. The molecule has 0 aromatic heterocycles. The minimum atomic E-state index is -0.189. The topological polar surface area (TPSA) is 59.4 Å². The van der Waals surface area contributed by atoms with Gasteiger partial charge in [-0.05, 0) is 29.8 Å². The third-order valence-electron chi connectivity index (χ3n) is 4.37. The normalized spacial score (nSPS) is 16.1. The molecule has 1 N–H and O–H groups in total. The van der Waals surface area contributed by atoms with E-state index in [2.05, 4.69) is 11.4 Å². The van der Waals surface area contributed by atoms with Crippen LogP contribution in [-0.4, -0.2) is 31.4 Å². The van der Waals surface area contributed by atoms with E-state index in [0.29, 0.717) is 18.5 Å². The van der Waals surface area contributed by atoms with Gasteiger partial charge in [0.1, 0.15) is 6.17 Å². The number of rotatable bonds is 4. The van der Waals surface area contributed by atoms with Crippen molar-refractivity contribution in [1.29, 1.82) is 5.26 Å². The van der Waals surface area contributed by atoms with Crippen molar-refractivity contribution < 1.29 is 4.79 Å². The van der Waals surface area contributed by atoms with Crippen LogP contribution in [0.1, 0.15) is 28.5 Å². The molecule has 0 saturated carbocycles. The second kappa shape index (κ2) is 6.63. The standard InChI is InChI=1S/C19H20N4O/c1-22(13-5-12-20)15-10-8-14(9-11-15)18-21-17-7-4-3-6-16(17)19(24)23(18)2/h3-4,6-11,18,21H,5,13H2,1-2H3/t18-/m0/s1. The Morgan fingerprint density at radius 1 is 1.21 bits per heavy atom. The minimum absolute atomic E-state index is 0.0181. The molecule has 2 aromatic carbocycles. The molecule has 1 heterocycles. The van der Waals surface area contributed by atoms with Crippen molar-refractivity contribution in [3.8, 4) is 6.07 Å². The lowest BCUT2D eigenvalue weighted by Crippen LogP contribution is -2.40. The molecule has 2 aromatic rings. The largest absolute Gasteiger partial charge is 0.374 e. The first-order valence-corrected chi connectivity index (χ1v) is 7.92. The quantitative estimate of drug-likeness (QED) is 0.939. The Kier molecular flexibility index (Phi) is 4.39. The van der Waals surface area contributed by atoms with E-state index < -0.39 is 0 Å². The second-order valence-electron chi connectivity index (χ2n) is 5.93. The van der Waals surface area contributed by atoms with Gasteiger partial charge in [0, 0.05) is 32.0 Å². The lowest BCUT2D eigenvalue weighted by Gasteiger charge is -2.35. The maximum Gasteiger partial charge on any atom is 0.257 e. The van der Waals surface area contributed by atoms with Gasteiger partial charge in [-0.3, -0.25) is 4.79 Å². The number of carbonyl (C=O) groups excluding carboxylic acids is 1. The highest BCUT2D eigenvalue weighted by atomic mass is 16.2. The summed E-state index contributed by atoms with van der Waals surface area (Å²) in [6.45, 7) is 0.698. The average Bonchev–Trinajstić information content (AvgIpc) is 2.63. The van der Waals surface area contributed by atoms with Gasteiger partial charge in [-0.2, -0.15) is 5.26 Å². The van der Waals surface area contributed by atoms with Gasteiger partial charge in [0.15, 0.2) is 0 Å². The lowest BCUT2D eigenvalue weighted by molar-refractivity contribution is 0.0735. The highest BCUT2D eigenvalue weighted by molar-refractivity contribution is 6.01. The van der Waals surface area contributed by atoms with E-state index in [9.17, 15) is 4.79 Å². The molecule has 3 rings (SSSR count). The summed E-state index contributed by atoms with van der Waals surface area (Å²) in [5.41, 5.74) is 3.64. The van der Waals surface area contributed by atoms with Crippen LogP contribution in [0.2, 0.25) is 0 Å². The molecule has 0 saturated heterocycles. The molecule has 0 spiro atoms. The van der Waals surface area contributed by atoms with Gasteiger partial charge in [-0.1, -0.05) is 24.3 Å². The Morgan fingerprint density at radius 3 is 2.62 bits per heavy atom. The fourth-order valence-electron chi connectivity index (χ4n) is 2.91. The van der Waals surface area contributed by atoms with Gasteiger partial charge in [0.25, 0.3) is 5.91 Å². The number of benzene rings is 2. The Balaban J connectivity index is 1.82. The number of para-hydroxylation sites is 1. The van der Waals surface area contributed by atoms with Crippen molar-refractivity contribution in [2.45, 2.75) is 12.6 Å². The molecule has 0 radical (unpaired) electrons. The summed E-state index contributed by atoms with van der Waals surface area (Å²) in [6, 6.07) is 17.8. The Labute approximate surface area is 142 Å². The number of carbonyl (C=O) groups is 1. The highest BCUT2D eigenvalue weighted by Gasteiger charge is 2.29. The summed E-state index contributed by atoms with van der Waals surface area (Å²) in [4.78, 5) is 16.3. The molecule has 1 atom stereocenters. The van der Waals surface area contributed by atoms with E-state index in [-0.39, 0.29) is 12.1 Å². The van der Waals surface area contributed by atoms with Crippen LogP contribution >= 0.6 is 0 Å². The van der Waals surface area contributed by atoms with Crippen LogP contribution in [0, 0.1) is 11.3 Å². The van der Waals surface area contributed by atoms with Crippen LogP contribution in [0.4, 0.5) is 11.4 Å². The molecular weight excluding hydrogens is 300 g/mol. The monoisotopic (exact) mass is 320 g/mol. The average molecular weight is 320 g/mol. The summed E-state index contributed by atoms with van der Waals surface area (Å²) in [5, 5.41) is 12.1. The van der Waals surface area contributed by atoms with Gasteiger partial charge in [0.2, 0.25) is 0 Å². The van der Waals surface area contributed by atoms with Crippen molar-refractivity contribution in [2.24, 2.45) is 0 Å². The molecule has 24 heavy (non-hydrogen) atoms. The van der Waals surface area contributed by atoms with Crippen LogP contribution in [0.25, 0.3) is 0 Å². The van der Waals surface area contributed by atoms with E-state index >= 15 is 0 Å². The van der Waals surface area contributed by atoms with Crippen LogP contribution < -0.4 is 10.2 Å². The Hall–Kier alpha value is -3.00. The number of anilines is 2. The molecule has 1 amide bonds. The minimum Gasteiger partial charge on any atom is -0.374 e. The molecule has 5 heteroatoms. The molecule has 0 bridgehead atoms. The van der Waals surface area contributed by atoms with Gasteiger partial charge in [0.05, 0.1) is 18.1 Å². The van der Waals surface area contributed by atoms with Crippen LogP contribution in [-0.2, 0) is 0 Å². The third kappa shape index (κ3) is 2.91.